The fraction of sp³-hybridized carbons (Fsp3) is 0.263. The molecule has 0 unspecified atom stereocenters. The van der Waals surface area contributed by atoms with Gasteiger partial charge >= 0.3 is 0 Å². The Morgan fingerprint density at radius 3 is 2.80 bits per heavy atom. The van der Waals surface area contributed by atoms with Gasteiger partial charge < -0.3 is 5.32 Å². The lowest BCUT2D eigenvalue weighted by Crippen LogP contribution is -2.23. The van der Waals surface area contributed by atoms with Crippen molar-refractivity contribution in [1.29, 1.82) is 0 Å². The number of aryl methyl sites for hydroxylation is 2. The van der Waals surface area contributed by atoms with E-state index in [0.29, 0.717) is 16.2 Å². The Kier molecular flexibility index (Phi) is 5.91. The molecule has 3 aromatic heterocycles. The van der Waals surface area contributed by atoms with Crippen LogP contribution in [0.1, 0.15) is 18.9 Å². The van der Waals surface area contributed by atoms with Crippen LogP contribution < -0.4 is 10.9 Å². The van der Waals surface area contributed by atoms with Gasteiger partial charge in [0.05, 0.1) is 18.2 Å². The Morgan fingerprint density at radius 1 is 1.23 bits per heavy atom. The molecule has 0 fully saturated rings. The number of rotatable bonds is 7. The smallest absolute Gasteiger partial charge is 0.264 e. The van der Waals surface area contributed by atoms with Crippen molar-refractivity contribution in [2.24, 2.45) is 0 Å². The molecule has 9 nitrogen and oxygen atoms in total. The second-order valence-electron chi connectivity index (χ2n) is 6.48. The summed E-state index contributed by atoms with van der Waals surface area (Å²) in [5, 5.41) is 15.8. The van der Waals surface area contributed by atoms with E-state index in [1.165, 1.54) is 28.4 Å². The third kappa shape index (κ3) is 4.26. The van der Waals surface area contributed by atoms with Crippen LogP contribution in [-0.4, -0.2) is 41.2 Å². The predicted molar refractivity (Wildman–Crippen MR) is 117 cm³/mol. The first kappa shape index (κ1) is 20.2. The molecule has 0 saturated heterocycles. The molecule has 1 amide bonds. The largest absolute Gasteiger partial charge is 0.300 e. The van der Waals surface area contributed by atoms with E-state index in [4.69, 9.17) is 0 Å². The quantitative estimate of drug-likeness (QED) is 0.347. The maximum absolute atomic E-state index is 12.8. The Morgan fingerprint density at radius 2 is 2.03 bits per heavy atom. The topological polar surface area (TPSA) is 108 Å². The molecule has 30 heavy (non-hydrogen) atoms. The van der Waals surface area contributed by atoms with Gasteiger partial charge in [-0.1, -0.05) is 47.7 Å². The molecule has 0 aliphatic carbocycles. The molecule has 4 aromatic rings. The third-order valence-corrected chi connectivity index (χ3v) is 6.19. The van der Waals surface area contributed by atoms with Crippen molar-refractivity contribution in [3.8, 4) is 5.69 Å². The van der Waals surface area contributed by atoms with Gasteiger partial charge in [0.1, 0.15) is 5.39 Å². The SMILES string of the molecule is CCSc1nnc(NC(=O)CCn2cnc3c(cnn3-c3ccc(C)cc3)c2=O)s1. The molecule has 1 N–H and O–H groups in total. The van der Waals surface area contributed by atoms with E-state index >= 15 is 0 Å². The zero-order valence-corrected chi connectivity index (χ0v) is 18.0. The molecule has 3 heterocycles. The molecule has 4 rings (SSSR count). The number of nitrogens with one attached hydrogen (secondary N) is 1. The maximum atomic E-state index is 12.8. The summed E-state index contributed by atoms with van der Waals surface area (Å²) in [6.07, 6.45) is 3.08. The number of nitrogens with zero attached hydrogens (tertiary/aromatic N) is 6. The van der Waals surface area contributed by atoms with Gasteiger partial charge in [-0.3, -0.25) is 14.2 Å². The van der Waals surface area contributed by atoms with E-state index < -0.39 is 0 Å². The van der Waals surface area contributed by atoms with E-state index in [0.717, 1.165) is 21.3 Å². The number of hydrogen-bond donors (Lipinski definition) is 1. The van der Waals surface area contributed by atoms with Crippen LogP contribution in [0.25, 0.3) is 16.7 Å². The summed E-state index contributed by atoms with van der Waals surface area (Å²) in [6, 6.07) is 7.81. The third-order valence-electron chi connectivity index (χ3n) is 4.33. The van der Waals surface area contributed by atoms with E-state index in [2.05, 4.69) is 25.6 Å². The first-order valence-electron chi connectivity index (χ1n) is 9.31. The second kappa shape index (κ2) is 8.76. The monoisotopic (exact) mass is 441 g/mol. The van der Waals surface area contributed by atoms with Gasteiger partial charge in [-0.05, 0) is 24.8 Å². The number of benzene rings is 1. The Balaban J connectivity index is 1.47. The van der Waals surface area contributed by atoms with Gasteiger partial charge in [0.15, 0.2) is 9.99 Å². The van der Waals surface area contributed by atoms with E-state index in [-0.39, 0.29) is 24.4 Å². The standard InChI is InChI=1S/C19H19N7O2S2/c1-3-29-19-24-23-18(30-19)22-15(27)8-9-25-11-20-16-14(17(25)28)10-21-26(16)13-6-4-12(2)5-7-13/h4-7,10-11H,3,8-9H2,1-2H3,(H,22,23,27). The summed E-state index contributed by atoms with van der Waals surface area (Å²) in [5.74, 6) is 0.656. The van der Waals surface area contributed by atoms with Crippen LogP contribution in [0, 0.1) is 6.92 Å². The molecular weight excluding hydrogens is 422 g/mol. The van der Waals surface area contributed by atoms with Gasteiger partial charge in [-0.15, -0.1) is 10.2 Å². The molecule has 154 valence electrons. The van der Waals surface area contributed by atoms with Crippen LogP contribution in [-0.2, 0) is 11.3 Å². The minimum Gasteiger partial charge on any atom is -0.300 e. The van der Waals surface area contributed by atoms with Gasteiger partial charge in [0.25, 0.3) is 5.56 Å². The van der Waals surface area contributed by atoms with E-state index in [9.17, 15) is 9.59 Å². The molecular formula is C19H19N7O2S2. The van der Waals surface area contributed by atoms with Gasteiger partial charge in [0, 0.05) is 13.0 Å². The Hall–Kier alpha value is -3.05. The Bertz CT molecular complexity index is 1240. The number of aromatic nitrogens is 6. The fourth-order valence-corrected chi connectivity index (χ4v) is 4.49. The van der Waals surface area contributed by atoms with Crippen LogP contribution in [0.5, 0.6) is 0 Å². The zero-order chi connectivity index (χ0) is 21.1. The van der Waals surface area contributed by atoms with Crippen molar-refractivity contribution in [1.82, 2.24) is 29.5 Å². The highest BCUT2D eigenvalue weighted by molar-refractivity contribution is 8.01. The van der Waals surface area contributed by atoms with Gasteiger partial charge in [0.2, 0.25) is 11.0 Å². The van der Waals surface area contributed by atoms with Crippen LogP contribution in [0.3, 0.4) is 0 Å². The van der Waals surface area contributed by atoms with E-state index in [1.54, 1.807) is 16.4 Å². The minimum atomic E-state index is -0.235. The average molecular weight is 442 g/mol. The summed E-state index contributed by atoms with van der Waals surface area (Å²) in [4.78, 5) is 29.4. The lowest BCUT2D eigenvalue weighted by atomic mass is 10.2. The normalized spacial score (nSPS) is 11.1. The van der Waals surface area contributed by atoms with Crippen LogP contribution in [0.15, 0.2) is 45.9 Å². The van der Waals surface area contributed by atoms with Crippen LogP contribution >= 0.6 is 23.1 Å². The highest BCUT2D eigenvalue weighted by atomic mass is 32.2. The summed E-state index contributed by atoms with van der Waals surface area (Å²) in [5.41, 5.74) is 2.22. The number of fused-ring (bicyclic) bond motifs is 1. The van der Waals surface area contributed by atoms with Crippen LogP contribution in [0.2, 0.25) is 0 Å². The fourth-order valence-electron chi connectivity index (χ4n) is 2.83. The molecule has 0 aliphatic heterocycles. The number of carbonyl (C=O) groups is 1. The lowest BCUT2D eigenvalue weighted by molar-refractivity contribution is -0.116. The van der Waals surface area contributed by atoms with Crippen molar-refractivity contribution in [2.75, 3.05) is 11.1 Å². The number of hydrogen-bond acceptors (Lipinski definition) is 8. The molecule has 0 aliphatic rings. The maximum Gasteiger partial charge on any atom is 0.264 e. The molecule has 0 atom stereocenters. The van der Waals surface area contributed by atoms with E-state index in [1.807, 2.05) is 38.1 Å². The molecule has 0 saturated carbocycles. The number of thioether (sulfide) groups is 1. The first-order valence-corrected chi connectivity index (χ1v) is 11.1. The van der Waals surface area contributed by atoms with Crippen molar-refractivity contribution < 1.29 is 4.79 Å². The molecule has 0 radical (unpaired) electrons. The van der Waals surface area contributed by atoms with Crippen molar-refractivity contribution in [3.05, 3.63) is 52.7 Å². The van der Waals surface area contributed by atoms with Crippen LogP contribution in [0.4, 0.5) is 5.13 Å². The van der Waals surface area contributed by atoms with Crippen molar-refractivity contribution in [2.45, 2.75) is 31.2 Å². The summed E-state index contributed by atoms with van der Waals surface area (Å²) in [7, 11) is 0. The summed E-state index contributed by atoms with van der Waals surface area (Å²) < 4.78 is 3.86. The van der Waals surface area contributed by atoms with Gasteiger partial charge in [-0.2, -0.15) is 5.10 Å². The van der Waals surface area contributed by atoms with Crippen molar-refractivity contribution in [3.63, 3.8) is 0 Å². The molecule has 0 spiro atoms. The van der Waals surface area contributed by atoms with Crippen molar-refractivity contribution >= 4 is 45.2 Å². The molecule has 0 bridgehead atoms. The average Bonchev–Trinajstić information content (AvgIpc) is 3.36. The Labute approximate surface area is 180 Å². The highest BCUT2D eigenvalue weighted by Crippen LogP contribution is 2.25. The second-order valence-corrected chi connectivity index (χ2v) is 8.97. The molecule has 1 aromatic carbocycles. The molecule has 11 heteroatoms. The summed E-state index contributed by atoms with van der Waals surface area (Å²) >= 11 is 2.90. The number of amides is 1. The first-order chi connectivity index (χ1) is 14.5. The highest BCUT2D eigenvalue weighted by Gasteiger charge is 2.13. The minimum absolute atomic E-state index is 0.120. The number of carbonyl (C=O) groups excluding carboxylic acids is 1. The predicted octanol–water partition coefficient (Wildman–Crippen LogP) is 2.88. The number of anilines is 1. The summed E-state index contributed by atoms with van der Waals surface area (Å²) in [6.45, 7) is 4.24. The zero-order valence-electron chi connectivity index (χ0n) is 16.4. The lowest BCUT2D eigenvalue weighted by Gasteiger charge is -2.06. The van der Waals surface area contributed by atoms with Gasteiger partial charge in [-0.25, -0.2) is 9.67 Å².